The van der Waals surface area contributed by atoms with E-state index in [2.05, 4.69) is 0 Å². The molecule has 0 saturated heterocycles. The van der Waals surface area contributed by atoms with Gasteiger partial charge in [0.2, 0.25) is 0 Å². The molecule has 0 saturated carbocycles. The second kappa shape index (κ2) is 7.21. The molecule has 0 fully saturated rings. The molecule has 2 heteroatoms. The smallest absolute Gasteiger partial charge is 0.130 e. The monoisotopic (exact) mass is 236 g/mol. The molecule has 0 rings (SSSR count). The average molecular weight is 236 g/mol. The van der Waals surface area contributed by atoms with Gasteiger partial charge in [0.15, 0.2) is 0 Å². The van der Waals surface area contributed by atoms with Crippen LogP contribution in [0.25, 0.3) is 0 Å². The van der Waals surface area contributed by atoms with Crippen molar-refractivity contribution in [2.45, 2.75) is 53.9 Å². The van der Waals surface area contributed by atoms with E-state index in [9.17, 15) is 9.59 Å². The summed E-state index contributed by atoms with van der Waals surface area (Å²) < 4.78 is 0. The van der Waals surface area contributed by atoms with Crippen molar-refractivity contribution in [2.24, 2.45) is 5.41 Å². The zero-order chi connectivity index (χ0) is 13.5. The van der Waals surface area contributed by atoms with E-state index in [4.69, 9.17) is 0 Å². The fourth-order valence-corrected chi connectivity index (χ4v) is 1.68. The number of Topliss-reactive ketones (excluding diaryl/α,β-unsaturated/α-hetero) is 1. The Balaban J connectivity index is 4.99. The third kappa shape index (κ3) is 6.88. The predicted octanol–water partition coefficient (Wildman–Crippen LogP) is 3.86. The summed E-state index contributed by atoms with van der Waals surface area (Å²) in [7, 11) is 0. The summed E-state index contributed by atoms with van der Waals surface area (Å²) in [5, 5.41) is 0. The first kappa shape index (κ1) is 15.8. The van der Waals surface area contributed by atoms with Crippen molar-refractivity contribution in [3.63, 3.8) is 0 Å². The van der Waals surface area contributed by atoms with Crippen LogP contribution < -0.4 is 0 Å². The predicted molar refractivity (Wildman–Crippen MR) is 71.9 cm³/mol. The van der Waals surface area contributed by atoms with Crippen molar-refractivity contribution in [1.82, 2.24) is 0 Å². The highest BCUT2D eigenvalue weighted by atomic mass is 16.1. The third-order valence-corrected chi connectivity index (χ3v) is 2.68. The quantitative estimate of drug-likeness (QED) is 0.497. The number of hydrogen-bond acceptors (Lipinski definition) is 2. The minimum absolute atomic E-state index is 0.0708. The van der Waals surface area contributed by atoms with Crippen LogP contribution in [0.3, 0.4) is 0 Å². The number of carbonyl (C=O) groups excluding carboxylic acids is 2. The van der Waals surface area contributed by atoms with Gasteiger partial charge >= 0.3 is 0 Å². The zero-order valence-corrected chi connectivity index (χ0v) is 11.7. The van der Waals surface area contributed by atoms with E-state index in [0.29, 0.717) is 19.3 Å². The van der Waals surface area contributed by atoms with Gasteiger partial charge in [0.05, 0.1) is 0 Å². The Morgan fingerprint density at radius 1 is 0.941 bits per heavy atom. The maximum atomic E-state index is 11.4. The lowest BCUT2D eigenvalue weighted by Crippen LogP contribution is -2.24. The molecule has 0 atom stereocenters. The van der Waals surface area contributed by atoms with Crippen LogP contribution in [-0.2, 0) is 9.59 Å². The Bertz CT molecular complexity index is 307. The minimum Gasteiger partial charge on any atom is -0.303 e. The van der Waals surface area contributed by atoms with Crippen molar-refractivity contribution in [2.75, 3.05) is 0 Å². The van der Waals surface area contributed by atoms with E-state index in [1.165, 1.54) is 11.1 Å². The molecule has 0 aromatic carbocycles. The van der Waals surface area contributed by atoms with Crippen LogP contribution >= 0.6 is 0 Å². The van der Waals surface area contributed by atoms with E-state index in [0.717, 1.165) is 6.29 Å². The molecule has 0 aliphatic carbocycles. The van der Waals surface area contributed by atoms with Gasteiger partial charge in [-0.2, -0.15) is 0 Å². The first-order valence-electron chi connectivity index (χ1n) is 6.04. The number of allylic oxidation sites excluding steroid dienone is 4. The molecule has 0 radical (unpaired) electrons. The van der Waals surface area contributed by atoms with Crippen molar-refractivity contribution in [3.8, 4) is 0 Å². The molecule has 0 amide bonds. The topological polar surface area (TPSA) is 34.1 Å². The van der Waals surface area contributed by atoms with Crippen LogP contribution in [0.15, 0.2) is 23.3 Å². The highest BCUT2D eigenvalue weighted by Crippen LogP contribution is 2.31. The molecular weight excluding hydrogens is 212 g/mol. The lowest BCUT2D eigenvalue weighted by Gasteiger charge is -2.24. The highest BCUT2D eigenvalue weighted by Gasteiger charge is 2.29. The Hall–Kier alpha value is -1.18. The molecule has 0 bridgehead atoms. The number of rotatable bonds is 7. The van der Waals surface area contributed by atoms with Gasteiger partial charge in [-0.15, -0.1) is 0 Å². The molecule has 0 unspecified atom stereocenters. The summed E-state index contributed by atoms with van der Waals surface area (Å²) >= 11 is 0. The first-order valence-corrected chi connectivity index (χ1v) is 6.04. The summed E-state index contributed by atoms with van der Waals surface area (Å²) in [6.07, 6.45) is 6.63. The SMILES string of the molecule is CC(=O)CC(C=O)(CC=C(C)C)CC=C(C)C. The maximum Gasteiger partial charge on any atom is 0.130 e. The molecule has 2 nitrogen and oxygen atoms in total. The summed E-state index contributed by atoms with van der Waals surface area (Å²) in [6, 6.07) is 0. The Morgan fingerprint density at radius 2 is 1.35 bits per heavy atom. The summed E-state index contributed by atoms with van der Waals surface area (Å²) in [5.74, 6) is 0.0708. The van der Waals surface area contributed by atoms with Gasteiger partial charge in [-0.3, -0.25) is 4.79 Å². The molecular formula is C15H24O2. The van der Waals surface area contributed by atoms with Crippen LogP contribution in [0, 0.1) is 5.41 Å². The average Bonchev–Trinajstić information content (AvgIpc) is 2.21. The van der Waals surface area contributed by atoms with E-state index >= 15 is 0 Å². The first-order chi connectivity index (χ1) is 7.81. The molecule has 0 N–H and O–H groups in total. The molecule has 0 aliphatic heterocycles. The zero-order valence-electron chi connectivity index (χ0n) is 11.7. The summed E-state index contributed by atoms with van der Waals surface area (Å²) in [5.41, 5.74) is 1.80. The maximum absolute atomic E-state index is 11.4. The molecule has 0 heterocycles. The molecule has 0 spiro atoms. The number of aldehydes is 1. The van der Waals surface area contributed by atoms with Crippen LogP contribution in [-0.4, -0.2) is 12.1 Å². The Kier molecular flexibility index (Phi) is 6.71. The van der Waals surface area contributed by atoms with Gasteiger partial charge < -0.3 is 4.79 Å². The van der Waals surface area contributed by atoms with Gasteiger partial charge in [-0.25, -0.2) is 0 Å². The molecule has 0 aliphatic rings. The normalized spacial score (nSPS) is 10.6. The molecule has 0 aromatic heterocycles. The van der Waals surface area contributed by atoms with Crippen LogP contribution in [0.5, 0.6) is 0 Å². The Labute approximate surface area is 105 Å². The fourth-order valence-electron chi connectivity index (χ4n) is 1.68. The van der Waals surface area contributed by atoms with E-state index in [-0.39, 0.29) is 5.78 Å². The van der Waals surface area contributed by atoms with Crippen molar-refractivity contribution in [3.05, 3.63) is 23.3 Å². The van der Waals surface area contributed by atoms with Gasteiger partial charge in [0.25, 0.3) is 0 Å². The van der Waals surface area contributed by atoms with Gasteiger partial charge in [-0.05, 0) is 47.5 Å². The third-order valence-electron chi connectivity index (χ3n) is 2.68. The van der Waals surface area contributed by atoms with Gasteiger partial charge in [0, 0.05) is 11.8 Å². The van der Waals surface area contributed by atoms with Crippen molar-refractivity contribution >= 4 is 12.1 Å². The summed E-state index contributed by atoms with van der Waals surface area (Å²) in [4.78, 5) is 22.7. The fraction of sp³-hybridized carbons (Fsp3) is 0.600. The Morgan fingerprint density at radius 3 is 1.59 bits per heavy atom. The molecule has 17 heavy (non-hydrogen) atoms. The van der Waals surface area contributed by atoms with E-state index < -0.39 is 5.41 Å². The van der Waals surface area contributed by atoms with E-state index in [1.54, 1.807) is 6.92 Å². The van der Waals surface area contributed by atoms with Gasteiger partial charge in [0.1, 0.15) is 12.1 Å². The lowest BCUT2D eigenvalue weighted by atomic mass is 9.77. The van der Waals surface area contributed by atoms with E-state index in [1.807, 2.05) is 39.8 Å². The molecule has 96 valence electrons. The number of carbonyl (C=O) groups is 2. The minimum atomic E-state index is -0.555. The lowest BCUT2D eigenvalue weighted by molar-refractivity contribution is -0.125. The largest absolute Gasteiger partial charge is 0.303 e. The standard InChI is InChI=1S/C15H24O2/c1-12(2)6-8-15(11-16,10-14(5)17)9-7-13(3)4/h6-7,11H,8-10H2,1-5H3. The second-order valence-corrected chi connectivity index (χ2v) is 5.33. The van der Waals surface area contributed by atoms with Crippen LogP contribution in [0.4, 0.5) is 0 Å². The van der Waals surface area contributed by atoms with Gasteiger partial charge in [-0.1, -0.05) is 23.3 Å². The second-order valence-electron chi connectivity index (χ2n) is 5.33. The number of ketones is 1. The van der Waals surface area contributed by atoms with Crippen LogP contribution in [0.2, 0.25) is 0 Å². The summed E-state index contributed by atoms with van der Waals surface area (Å²) in [6.45, 7) is 9.56. The molecule has 0 aromatic rings. The number of hydrogen-bond donors (Lipinski definition) is 0. The van der Waals surface area contributed by atoms with Crippen LogP contribution in [0.1, 0.15) is 53.9 Å². The highest BCUT2D eigenvalue weighted by molar-refractivity contribution is 5.80. The van der Waals surface area contributed by atoms with Crippen molar-refractivity contribution in [1.29, 1.82) is 0 Å². The van der Waals surface area contributed by atoms with Crippen molar-refractivity contribution < 1.29 is 9.59 Å².